The van der Waals surface area contributed by atoms with Gasteiger partial charge in [-0.05, 0) is 18.6 Å². The number of aromatic amines is 1. The van der Waals surface area contributed by atoms with Crippen molar-refractivity contribution in [3.63, 3.8) is 0 Å². The number of fused-ring (bicyclic) bond motifs is 1. The van der Waals surface area contributed by atoms with Gasteiger partial charge in [0, 0.05) is 24.2 Å². The maximum atomic E-state index is 12.5. The molecule has 0 radical (unpaired) electrons. The van der Waals surface area contributed by atoms with Crippen LogP contribution in [0.2, 0.25) is 0 Å². The molecule has 0 saturated heterocycles. The van der Waals surface area contributed by atoms with Crippen molar-refractivity contribution >= 4 is 33.4 Å². The zero-order valence-corrected chi connectivity index (χ0v) is 16.5. The summed E-state index contributed by atoms with van der Waals surface area (Å²) >= 11 is 1.33. The summed E-state index contributed by atoms with van der Waals surface area (Å²) in [6, 6.07) is 9.57. The van der Waals surface area contributed by atoms with E-state index in [1.807, 2.05) is 36.6 Å². The van der Waals surface area contributed by atoms with E-state index in [4.69, 9.17) is 0 Å². The number of pyridine rings is 1. The van der Waals surface area contributed by atoms with Gasteiger partial charge in [0.1, 0.15) is 5.65 Å². The van der Waals surface area contributed by atoms with Gasteiger partial charge < -0.3 is 5.32 Å². The van der Waals surface area contributed by atoms with Gasteiger partial charge in [-0.15, -0.1) is 11.3 Å². The molecule has 0 aliphatic heterocycles. The average Bonchev–Trinajstić information content (AvgIpc) is 3.15. The van der Waals surface area contributed by atoms with Crippen LogP contribution in [0.3, 0.4) is 0 Å². The minimum atomic E-state index is -0.553. The molecular formula is C20H17N5O3S. The summed E-state index contributed by atoms with van der Waals surface area (Å²) in [5, 5.41) is 5.35. The Labute approximate surface area is 168 Å². The Hall–Kier alpha value is -3.59. The lowest BCUT2D eigenvalue weighted by Crippen LogP contribution is -2.33. The van der Waals surface area contributed by atoms with Crippen molar-refractivity contribution in [2.24, 2.45) is 7.05 Å². The minimum absolute atomic E-state index is 0.0419. The molecule has 4 aromatic rings. The Morgan fingerprint density at radius 3 is 2.72 bits per heavy atom. The highest BCUT2D eigenvalue weighted by molar-refractivity contribution is 7.14. The molecule has 0 saturated carbocycles. The molecule has 3 aromatic heterocycles. The molecule has 2 N–H and O–H groups in total. The Morgan fingerprint density at radius 1 is 1.21 bits per heavy atom. The fraction of sp³-hybridized carbons (Fsp3) is 0.150. The van der Waals surface area contributed by atoms with Gasteiger partial charge in [-0.25, -0.2) is 14.8 Å². The van der Waals surface area contributed by atoms with Gasteiger partial charge >= 0.3 is 5.69 Å². The fourth-order valence-electron chi connectivity index (χ4n) is 2.95. The number of carbonyl (C=O) groups is 1. The molecule has 9 heteroatoms. The first-order valence-corrected chi connectivity index (χ1v) is 9.69. The molecule has 0 unspecified atom stereocenters. The zero-order chi connectivity index (χ0) is 20.5. The third-order valence-electron chi connectivity index (χ3n) is 4.53. The Kier molecular flexibility index (Phi) is 4.81. The number of nitrogens with one attached hydrogen (secondary N) is 2. The van der Waals surface area contributed by atoms with E-state index in [0.717, 1.165) is 21.4 Å². The van der Waals surface area contributed by atoms with Gasteiger partial charge in [0.15, 0.2) is 5.13 Å². The number of amides is 1. The van der Waals surface area contributed by atoms with Crippen molar-refractivity contribution in [3.8, 4) is 11.3 Å². The number of thiazole rings is 1. The van der Waals surface area contributed by atoms with Crippen LogP contribution in [0.25, 0.3) is 22.3 Å². The first-order valence-electron chi connectivity index (χ1n) is 8.81. The normalized spacial score (nSPS) is 11.0. The largest absolute Gasteiger partial charge is 0.329 e. The molecular weight excluding hydrogens is 390 g/mol. The molecule has 3 heterocycles. The smallest absolute Gasteiger partial charge is 0.302 e. The van der Waals surface area contributed by atoms with Crippen LogP contribution in [0.15, 0.2) is 51.5 Å². The molecule has 0 aliphatic rings. The molecule has 4 rings (SSSR count). The van der Waals surface area contributed by atoms with E-state index in [-0.39, 0.29) is 23.4 Å². The van der Waals surface area contributed by atoms with E-state index in [2.05, 4.69) is 20.3 Å². The summed E-state index contributed by atoms with van der Waals surface area (Å²) < 4.78 is 0.958. The van der Waals surface area contributed by atoms with Crippen LogP contribution in [0, 0.1) is 6.92 Å². The second-order valence-electron chi connectivity index (χ2n) is 6.62. The van der Waals surface area contributed by atoms with Gasteiger partial charge in [0.25, 0.3) is 5.56 Å². The van der Waals surface area contributed by atoms with Crippen LogP contribution in [0.5, 0.6) is 0 Å². The highest BCUT2D eigenvalue weighted by atomic mass is 32.1. The van der Waals surface area contributed by atoms with Crippen LogP contribution < -0.4 is 16.6 Å². The van der Waals surface area contributed by atoms with Crippen LogP contribution in [0.4, 0.5) is 5.13 Å². The van der Waals surface area contributed by atoms with Gasteiger partial charge in [0.05, 0.1) is 17.5 Å². The fourth-order valence-corrected chi connectivity index (χ4v) is 3.69. The lowest BCUT2D eigenvalue weighted by molar-refractivity contribution is -0.115. The molecule has 0 fully saturated rings. The average molecular weight is 407 g/mol. The van der Waals surface area contributed by atoms with Gasteiger partial charge in [-0.2, -0.15) is 0 Å². The lowest BCUT2D eigenvalue weighted by atomic mass is 10.1. The quantitative estimate of drug-likeness (QED) is 0.539. The van der Waals surface area contributed by atoms with Gasteiger partial charge in [-0.3, -0.25) is 19.1 Å². The van der Waals surface area contributed by atoms with Crippen molar-refractivity contribution in [2.45, 2.75) is 13.3 Å². The standard InChI is InChI=1S/C20H17N5O3S/c1-11-3-5-12(6-4-11)14-10-29-19(22-14)23-15(26)9-13-7-8-21-17-16(13)18(27)25(2)20(28)24-17/h3-8,10H,9H2,1-2H3,(H,21,24,28)(H,22,23,26). The highest BCUT2D eigenvalue weighted by Crippen LogP contribution is 2.25. The minimum Gasteiger partial charge on any atom is -0.302 e. The lowest BCUT2D eigenvalue weighted by Gasteiger charge is -2.06. The number of nitrogens with zero attached hydrogens (tertiary/aromatic N) is 3. The SMILES string of the molecule is Cc1ccc(-c2csc(NC(=O)Cc3ccnc4[nH]c(=O)n(C)c(=O)c34)n2)cc1. The Morgan fingerprint density at radius 2 is 1.97 bits per heavy atom. The number of hydrogen-bond acceptors (Lipinski definition) is 6. The first kappa shape index (κ1) is 18.8. The number of H-pyrrole nitrogens is 1. The third-order valence-corrected chi connectivity index (χ3v) is 5.29. The highest BCUT2D eigenvalue weighted by Gasteiger charge is 2.14. The van der Waals surface area contributed by atoms with Crippen LogP contribution in [-0.4, -0.2) is 25.4 Å². The predicted octanol–water partition coefficient (Wildman–Crippen LogP) is 2.23. The summed E-state index contributed by atoms with van der Waals surface area (Å²) in [4.78, 5) is 47.8. The molecule has 1 aromatic carbocycles. The number of anilines is 1. The van der Waals surface area contributed by atoms with E-state index in [1.165, 1.54) is 24.6 Å². The van der Waals surface area contributed by atoms with E-state index in [0.29, 0.717) is 10.7 Å². The summed E-state index contributed by atoms with van der Waals surface area (Å²) in [6.07, 6.45) is 1.42. The van der Waals surface area contributed by atoms with Crippen molar-refractivity contribution in [3.05, 3.63) is 73.9 Å². The first-order chi connectivity index (χ1) is 13.9. The number of aromatic nitrogens is 4. The number of rotatable bonds is 4. The Bertz CT molecular complexity index is 1330. The van der Waals surface area contributed by atoms with Crippen LogP contribution in [0.1, 0.15) is 11.1 Å². The van der Waals surface area contributed by atoms with E-state index < -0.39 is 11.2 Å². The van der Waals surface area contributed by atoms with E-state index in [1.54, 1.807) is 6.07 Å². The van der Waals surface area contributed by atoms with Crippen LogP contribution in [-0.2, 0) is 18.3 Å². The van der Waals surface area contributed by atoms with Gasteiger partial charge in [0.2, 0.25) is 5.91 Å². The molecule has 0 bridgehead atoms. The molecule has 8 nitrogen and oxygen atoms in total. The number of hydrogen-bond donors (Lipinski definition) is 2. The van der Waals surface area contributed by atoms with Gasteiger partial charge in [-0.1, -0.05) is 29.8 Å². The van der Waals surface area contributed by atoms with Crippen molar-refractivity contribution in [1.29, 1.82) is 0 Å². The summed E-state index contributed by atoms with van der Waals surface area (Å²) in [5.41, 5.74) is 2.53. The molecule has 0 aliphatic carbocycles. The summed E-state index contributed by atoms with van der Waals surface area (Å²) in [5.74, 6) is -0.310. The predicted molar refractivity (Wildman–Crippen MR) is 112 cm³/mol. The van der Waals surface area contributed by atoms with Crippen molar-refractivity contribution in [1.82, 2.24) is 19.5 Å². The maximum Gasteiger partial charge on any atom is 0.329 e. The van der Waals surface area contributed by atoms with Crippen molar-refractivity contribution in [2.75, 3.05) is 5.32 Å². The summed E-state index contributed by atoms with van der Waals surface area (Å²) in [7, 11) is 1.37. The maximum absolute atomic E-state index is 12.5. The van der Waals surface area contributed by atoms with Crippen LogP contribution >= 0.6 is 11.3 Å². The molecule has 0 spiro atoms. The number of carbonyl (C=O) groups excluding carboxylic acids is 1. The second kappa shape index (κ2) is 7.44. The summed E-state index contributed by atoms with van der Waals surface area (Å²) in [6.45, 7) is 2.02. The molecule has 0 atom stereocenters. The second-order valence-corrected chi connectivity index (χ2v) is 7.47. The number of aryl methyl sites for hydroxylation is 1. The number of benzene rings is 1. The Balaban J connectivity index is 1.57. The van der Waals surface area contributed by atoms with E-state index in [9.17, 15) is 14.4 Å². The monoisotopic (exact) mass is 407 g/mol. The zero-order valence-electron chi connectivity index (χ0n) is 15.7. The van der Waals surface area contributed by atoms with Crippen molar-refractivity contribution < 1.29 is 4.79 Å². The molecule has 146 valence electrons. The molecule has 1 amide bonds. The third kappa shape index (κ3) is 3.72. The molecule has 29 heavy (non-hydrogen) atoms. The topological polar surface area (TPSA) is 110 Å². The van der Waals surface area contributed by atoms with E-state index >= 15 is 0 Å².